The summed E-state index contributed by atoms with van der Waals surface area (Å²) in [7, 11) is 1.89. The number of carboxylic acid groups (broad SMARTS) is 1. The maximum absolute atomic E-state index is 11.5. The third kappa shape index (κ3) is 3.56. The topological polar surface area (TPSA) is 66.3 Å². The number of anilines is 1. The maximum atomic E-state index is 11.5. The summed E-state index contributed by atoms with van der Waals surface area (Å²) in [6.45, 7) is 4.29. The fourth-order valence-electron chi connectivity index (χ4n) is 2.32. The van der Waals surface area contributed by atoms with E-state index < -0.39 is 5.97 Å². The van der Waals surface area contributed by atoms with Gasteiger partial charge in [-0.15, -0.1) is 0 Å². The zero-order valence-corrected chi connectivity index (χ0v) is 12.5. The highest BCUT2D eigenvalue weighted by Crippen LogP contribution is 2.23. The maximum Gasteiger partial charge on any atom is 0.339 e. The summed E-state index contributed by atoms with van der Waals surface area (Å²) in [5.41, 5.74) is 3.32. The second-order valence-corrected chi connectivity index (χ2v) is 5.04. The smallest absolute Gasteiger partial charge is 0.339 e. The summed E-state index contributed by atoms with van der Waals surface area (Å²) < 4.78 is 0. The Morgan fingerprint density at radius 3 is 2.71 bits per heavy atom. The van der Waals surface area contributed by atoms with Crippen molar-refractivity contribution in [2.24, 2.45) is 0 Å². The lowest BCUT2D eigenvalue weighted by atomic mass is 10.1. The molecule has 1 N–H and O–H groups in total. The molecule has 21 heavy (non-hydrogen) atoms. The van der Waals surface area contributed by atoms with Gasteiger partial charge < -0.3 is 10.0 Å². The molecule has 2 rings (SSSR count). The molecule has 0 aliphatic rings. The van der Waals surface area contributed by atoms with Crippen molar-refractivity contribution in [3.05, 3.63) is 53.1 Å². The van der Waals surface area contributed by atoms with E-state index in [1.54, 1.807) is 13.1 Å². The first kappa shape index (κ1) is 15.0. The Morgan fingerprint density at radius 1 is 1.33 bits per heavy atom. The van der Waals surface area contributed by atoms with Crippen molar-refractivity contribution in [2.45, 2.75) is 20.3 Å². The third-order valence-electron chi connectivity index (χ3n) is 3.36. The number of aryl methyl sites for hydroxylation is 2. The van der Waals surface area contributed by atoms with Gasteiger partial charge in [0.25, 0.3) is 0 Å². The summed E-state index contributed by atoms with van der Waals surface area (Å²) >= 11 is 0. The molecule has 0 aliphatic carbocycles. The lowest BCUT2D eigenvalue weighted by Gasteiger charge is -2.22. The molecule has 2 aromatic rings. The minimum absolute atomic E-state index is 0.268. The number of rotatable bonds is 5. The van der Waals surface area contributed by atoms with Gasteiger partial charge in [0.2, 0.25) is 0 Å². The van der Waals surface area contributed by atoms with Crippen LogP contribution in [0.4, 0.5) is 5.69 Å². The van der Waals surface area contributed by atoms with Crippen molar-refractivity contribution in [2.75, 3.05) is 18.5 Å². The lowest BCUT2D eigenvalue weighted by molar-refractivity contribution is 0.0696. The van der Waals surface area contributed by atoms with Crippen molar-refractivity contribution in [3.63, 3.8) is 0 Å². The van der Waals surface area contributed by atoms with E-state index in [1.807, 2.05) is 43.1 Å². The molecule has 0 fully saturated rings. The molecule has 0 aromatic carbocycles. The predicted molar refractivity (Wildman–Crippen MR) is 81.9 cm³/mol. The predicted octanol–water partition coefficient (Wildman–Crippen LogP) is 2.47. The Morgan fingerprint density at radius 2 is 2.10 bits per heavy atom. The number of aromatic carboxylic acids is 1. The average Bonchev–Trinajstić information content (AvgIpc) is 2.44. The van der Waals surface area contributed by atoms with Crippen LogP contribution in [0, 0.1) is 13.8 Å². The van der Waals surface area contributed by atoms with Gasteiger partial charge in [0.05, 0.1) is 11.4 Å². The number of aromatic nitrogens is 2. The molecule has 2 heterocycles. The highest BCUT2D eigenvalue weighted by atomic mass is 16.4. The molecule has 110 valence electrons. The Labute approximate surface area is 124 Å². The van der Waals surface area contributed by atoms with Crippen LogP contribution in [0.15, 0.2) is 30.5 Å². The quantitative estimate of drug-likeness (QED) is 0.914. The number of pyridine rings is 2. The van der Waals surface area contributed by atoms with E-state index in [9.17, 15) is 9.90 Å². The molecular formula is C16H19N3O2. The van der Waals surface area contributed by atoms with Crippen LogP contribution in [0.1, 0.15) is 27.4 Å². The van der Waals surface area contributed by atoms with Gasteiger partial charge in [-0.05, 0) is 32.0 Å². The highest BCUT2D eigenvalue weighted by molar-refractivity contribution is 5.95. The minimum Gasteiger partial charge on any atom is -0.478 e. The van der Waals surface area contributed by atoms with Crippen molar-refractivity contribution < 1.29 is 9.90 Å². The van der Waals surface area contributed by atoms with E-state index in [0.29, 0.717) is 17.9 Å². The zero-order chi connectivity index (χ0) is 15.4. The first-order chi connectivity index (χ1) is 9.99. The van der Waals surface area contributed by atoms with Crippen LogP contribution in [-0.2, 0) is 6.42 Å². The molecule has 5 nitrogen and oxygen atoms in total. The summed E-state index contributed by atoms with van der Waals surface area (Å²) in [5.74, 6) is -0.945. The molecule has 0 saturated carbocycles. The highest BCUT2D eigenvalue weighted by Gasteiger charge is 2.18. The zero-order valence-electron chi connectivity index (χ0n) is 12.5. The van der Waals surface area contributed by atoms with Crippen molar-refractivity contribution >= 4 is 11.7 Å². The number of carboxylic acids is 1. The normalized spacial score (nSPS) is 10.4. The van der Waals surface area contributed by atoms with Crippen LogP contribution in [-0.4, -0.2) is 34.6 Å². The van der Waals surface area contributed by atoms with E-state index in [-0.39, 0.29) is 5.56 Å². The molecule has 0 unspecified atom stereocenters. The number of carbonyl (C=O) groups is 1. The van der Waals surface area contributed by atoms with Crippen LogP contribution >= 0.6 is 0 Å². The van der Waals surface area contributed by atoms with Crippen LogP contribution in [0.25, 0.3) is 0 Å². The molecule has 0 atom stereocenters. The summed E-state index contributed by atoms with van der Waals surface area (Å²) in [6, 6.07) is 7.61. The monoisotopic (exact) mass is 285 g/mol. The second kappa shape index (κ2) is 6.35. The van der Waals surface area contributed by atoms with Gasteiger partial charge in [-0.3, -0.25) is 9.97 Å². The van der Waals surface area contributed by atoms with E-state index in [0.717, 1.165) is 17.8 Å². The van der Waals surface area contributed by atoms with Crippen molar-refractivity contribution in [1.29, 1.82) is 0 Å². The Hall–Kier alpha value is -2.43. The van der Waals surface area contributed by atoms with Crippen molar-refractivity contribution in [3.8, 4) is 0 Å². The van der Waals surface area contributed by atoms with E-state index >= 15 is 0 Å². The summed E-state index contributed by atoms with van der Waals surface area (Å²) in [5, 5.41) is 9.39. The fraction of sp³-hybridized carbons (Fsp3) is 0.312. The summed E-state index contributed by atoms with van der Waals surface area (Å²) in [6.07, 6.45) is 2.52. The molecule has 0 radical (unpaired) electrons. The summed E-state index contributed by atoms with van der Waals surface area (Å²) in [4.78, 5) is 21.9. The minimum atomic E-state index is -0.945. The first-order valence-corrected chi connectivity index (χ1v) is 6.81. The van der Waals surface area contributed by atoms with Crippen LogP contribution in [0.5, 0.6) is 0 Å². The first-order valence-electron chi connectivity index (χ1n) is 6.81. The number of likely N-dealkylation sites (N-methyl/N-ethyl adjacent to an activating group) is 1. The molecular weight excluding hydrogens is 266 g/mol. The lowest BCUT2D eigenvalue weighted by Crippen LogP contribution is -2.24. The van der Waals surface area contributed by atoms with Gasteiger partial charge >= 0.3 is 5.97 Å². The number of hydrogen-bond acceptors (Lipinski definition) is 4. The number of nitrogens with zero attached hydrogens (tertiary/aromatic N) is 3. The third-order valence-corrected chi connectivity index (χ3v) is 3.36. The molecule has 5 heteroatoms. The van der Waals surface area contributed by atoms with Gasteiger partial charge in [-0.25, -0.2) is 4.79 Å². The fourth-order valence-corrected chi connectivity index (χ4v) is 2.32. The largest absolute Gasteiger partial charge is 0.478 e. The van der Waals surface area contributed by atoms with E-state index in [1.165, 1.54) is 0 Å². The molecule has 0 spiro atoms. The standard InChI is InChI=1S/C16H19N3O2/c1-11-10-14(15(16(20)21)12(2)18-11)19(3)9-7-13-6-4-5-8-17-13/h4-6,8,10H,7,9H2,1-3H3,(H,20,21). The number of hydrogen-bond donors (Lipinski definition) is 1. The van der Waals surface area contributed by atoms with Crippen LogP contribution in [0.3, 0.4) is 0 Å². The van der Waals surface area contributed by atoms with Gasteiger partial charge in [0.15, 0.2) is 0 Å². The van der Waals surface area contributed by atoms with Crippen molar-refractivity contribution in [1.82, 2.24) is 9.97 Å². The molecule has 0 amide bonds. The average molecular weight is 285 g/mol. The molecule has 0 aliphatic heterocycles. The van der Waals surface area contributed by atoms with Gasteiger partial charge in [0, 0.05) is 37.6 Å². The SMILES string of the molecule is Cc1cc(N(C)CCc2ccccn2)c(C(=O)O)c(C)n1. The van der Waals surface area contributed by atoms with Gasteiger partial charge in [0.1, 0.15) is 5.56 Å². The molecule has 0 saturated heterocycles. The second-order valence-electron chi connectivity index (χ2n) is 5.04. The van der Waals surface area contributed by atoms with Crippen LogP contribution in [0.2, 0.25) is 0 Å². The van der Waals surface area contributed by atoms with E-state index in [4.69, 9.17) is 0 Å². The van der Waals surface area contributed by atoms with Crippen LogP contribution < -0.4 is 4.90 Å². The van der Waals surface area contributed by atoms with Gasteiger partial charge in [-0.1, -0.05) is 6.07 Å². The Bertz CT molecular complexity index is 641. The molecule has 0 bridgehead atoms. The molecule has 2 aromatic heterocycles. The Balaban J connectivity index is 2.22. The Kier molecular flexibility index (Phi) is 4.52. The van der Waals surface area contributed by atoms with Gasteiger partial charge in [-0.2, -0.15) is 0 Å². The van der Waals surface area contributed by atoms with E-state index in [2.05, 4.69) is 9.97 Å².